The van der Waals surface area contributed by atoms with Crippen LogP contribution < -0.4 is 4.74 Å². The van der Waals surface area contributed by atoms with Crippen LogP contribution in [0.3, 0.4) is 0 Å². The zero-order valence-electron chi connectivity index (χ0n) is 15.4. The van der Waals surface area contributed by atoms with E-state index in [4.69, 9.17) is 4.74 Å². The van der Waals surface area contributed by atoms with Crippen LogP contribution in [0.15, 0.2) is 60.7 Å². The molecule has 0 spiro atoms. The normalized spacial score (nSPS) is 13.1. The molecule has 3 heteroatoms. The van der Waals surface area contributed by atoms with Gasteiger partial charge in [-0.15, -0.1) is 0 Å². The van der Waals surface area contributed by atoms with E-state index in [0.717, 1.165) is 41.7 Å². The van der Waals surface area contributed by atoms with E-state index in [0.29, 0.717) is 12.0 Å². The molecule has 0 saturated carbocycles. The minimum Gasteiger partial charge on any atom is -0.496 e. The van der Waals surface area contributed by atoms with Crippen LogP contribution in [0.5, 0.6) is 5.75 Å². The van der Waals surface area contributed by atoms with Crippen LogP contribution in [0.1, 0.15) is 32.6 Å². The number of aryl methyl sites for hydroxylation is 4. The summed E-state index contributed by atoms with van der Waals surface area (Å²) in [5, 5.41) is 9.61. The number of para-hydroxylation sites is 1. The predicted octanol–water partition coefficient (Wildman–Crippen LogP) is 4.94. The highest BCUT2D eigenvalue weighted by Gasteiger charge is 2.16. The van der Waals surface area contributed by atoms with Crippen molar-refractivity contribution in [2.24, 2.45) is 0 Å². The molecule has 3 aromatic carbocycles. The highest BCUT2D eigenvalue weighted by atomic mass is 16.5. The Labute approximate surface area is 159 Å². The van der Waals surface area contributed by atoms with Gasteiger partial charge < -0.3 is 9.84 Å². The molecular weight excluding hydrogens is 336 g/mol. The molecule has 4 bridgehead atoms. The maximum absolute atomic E-state index is 11.7. The van der Waals surface area contributed by atoms with Gasteiger partial charge in [-0.25, -0.2) is 4.79 Å². The third kappa shape index (κ3) is 3.45. The highest BCUT2D eigenvalue weighted by Crippen LogP contribution is 2.34. The summed E-state index contributed by atoms with van der Waals surface area (Å²) in [5.74, 6) is 0.0142. The largest absolute Gasteiger partial charge is 0.496 e. The number of carbonyl (C=O) groups is 1. The molecule has 3 nitrogen and oxygen atoms in total. The number of ether oxygens (including phenoxy) is 1. The van der Waals surface area contributed by atoms with E-state index < -0.39 is 5.97 Å². The summed E-state index contributed by atoms with van der Waals surface area (Å²) >= 11 is 0. The van der Waals surface area contributed by atoms with Crippen molar-refractivity contribution < 1.29 is 14.6 Å². The summed E-state index contributed by atoms with van der Waals surface area (Å²) in [6, 6.07) is 20.6. The molecule has 0 amide bonds. The lowest BCUT2D eigenvalue weighted by atomic mass is 9.89. The summed E-state index contributed by atoms with van der Waals surface area (Å²) in [4.78, 5) is 11.7. The van der Waals surface area contributed by atoms with E-state index in [2.05, 4.69) is 30.3 Å². The predicted molar refractivity (Wildman–Crippen MR) is 107 cm³/mol. The van der Waals surface area contributed by atoms with E-state index in [9.17, 15) is 9.90 Å². The van der Waals surface area contributed by atoms with Crippen molar-refractivity contribution >= 4 is 5.97 Å². The number of aromatic carboxylic acids is 1. The molecule has 27 heavy (non-hydrogen) atoms. The van der Waals surface area contributed by atoms with Crippen molar-refractivity contribution in [2.75, 3.05) is 7.11 Å². The first-order chi connectivity index (χ1) is 13.2. The van der Waals surface area contributed by atoms with Crippen molar-refractivity contribution in [3.8, 4) is 16.9 Å². The molecule has 7 rings (SSSR count). The lowest BCUT2D eigenvalue weighted by molar-refractivity contribution is 0.0695. The van der Waals surface area contributed by atoms with Crippen molar-refractivity contribution in [2.45, 2.75) is 25.7 Å². The first-order valence-electron chi connectivity index (χ1n) is 9.26. The summed E-state index contributed by atoms with van der Waals surface area (Å²) in [6.07, 6.45) is 3.18. The monoisotopic (exact) mass is 358 g/mol. The SMILES string of the molecule is COc1ccccc1-c1cc2ccc1CCc1ccc(cc1C(=O)O)CC2. The summed E-state index contributed by atoms with van der Waals surface area (Å²) in [7, 11) is 1.70. The number of methoxy groups -OCH3 is 1. The second-order valence-corrected chi connectivity index (χ2v) is 6.99. The smallest absolute Gasteiger partial charge is 0.335 e. The van der Waals surface area contributed by atoms with E-state index in [1.807, 2.05) is 30.3 Å². The van der Waals surface area contributed by atoms with Gasteiger partial charge in [0.25, 0.3) is 0 Å². The Morgan fingerprint density at radius 3 is 2.22 bits per heavy atom. The van der Waals surface area contributed by atoms with Gasteiger partial charge in [0.2, 0.25) is 0 Å². The minimum atomic E-state index is -0.845. The van der Waals surface area contributed by atoms with Crippen LogP contribution in [-0.4, -0.2) is 18.2 Å². The molecule has 4 aliphatic carbocycles. The number of hydrogen-bond acceptors (Lipinski definition) is 2. The molecule has 0 aromatic heterocycles. The Morgan fingerprint density at radius 2 is 1.48 bits per heavy atom. The molecule has 0 heterocycles. The molecule has 3 aromatic rings. The summed E-state index contributed by atoms with van der Waals surface area (Å²) in [5.41, 5.74) is 7.12. The molecule has 0 fully saturated rings. The maximum Gasteiger partial charge on any atom is 0.335 e. The van der Waals surface area contributed by atoms with Gasteiger partial charge in [-0.05, 0) is 65.6 Å². The molecular formula is C24H22O3. The molecule has 0 aliphatic heterocycles. The number of hydrogen-bond donors (Lipinski definition) is 1. The maximum atomic E-state index is 11.7. The molecule has 0 radical (unpaired) electrons. The van der Waals surface area contributed by atoms with Crippen LogP contribution in [0.4, 0.5) is 0 Å². The van der Waals surface area contributed by atoms with Crippen molar-refractivity contribution in [3.05, 3.63) is 88.5 Å². The van der Waals surface area contributed by atoms with Crippen LogP contribution in [0.25, 0.3) is 11.1 Å². The number of carboxylic acid groups (broad SMARTS) is 1. The number of carboxylic acids is 1. The Hall–Kier alpha value is -3.07. The third-order valence-corrected chi connectivity index (χ3v) is 5.34. The van der Waals surface area contributed by atoms with Crippen molar-refractivity contribution in [1.82, 2.24) is 0 Å². The highest BCUT2D eigenvalue weighted by molar-refractivity contribution is 5.89. The third-order valence-electron chi connectivity index (χ3n) is 5.34. The summed E-state index contributed by atoms with van der Waals surface area (Å²) < 4.78 is 5.58. The van der Waals surface area contributed by atoms with Crippen molar-refractivity contribution in [3.63, 3.8) is 0 Å². The molecule has 136 valence electrons. The lowest BCUT2D eigenvalue weighted by Crippen LogP contribution is -2.07. The van der Waals surface area contributed by atoms with Gasteiger partial charge in [0.1, 0.15) is 5.75 Å². The van der Waals surface area contributed by atoms with Gasteiger partial charge >= 0.3 is 5.97 Å². The fraction of sp³-hybridized carbons (Fsp3) is 0.208. The Balaban J connectivity index is 1.82. The van der Waals surface area contributed by atoms with Crippen LogP contribution >= 0.6 is 0 Å². The van der Waals surface area contributed by atoms with Crippen molar-refractivity contribution in [1.29, 1.82) is 0 Å². The van der Waals surface area contributed by atoms with E-state index in [1.165, 1.54) is 16.7 Å². The lowest BCUT2D eigenvalue weighted by Gasteiger charge is -2.17. The van der Waals surface area contributed by atoms with Crippen LogP contribution in [0.2, 0.25) is 0 Å². The molecule has 1 N–H and O–H groups in total. The fourth-order valence-corrected chi connectivity index (χ4v) is 3.87. The first-order valence-corrected chi connectivity index (χ1v) is 9.26. The van der Waals surface area contributed by atoms with E-state index in [1.54, 1.807) is 7.11 Å². The average molecular weight is 358 g/mol. The van der Waals surface area contributed by atoms with E-state index >= 15 is 0 Å². The number of benzene rings is 3. The zero-order chi connectivity index (χ0) is 18.8. The molecule has 0 unspecified atom stereocenters. The molecule has 0 atom stereocenters. The Morgan fingerprint density at radius 1 is 0.815 bits per heavy atom. The molecule has 0 saturated heterocycles. The average Bonchev–Trinajstić information content (AvgIpc) is 2.69. The quantitative estimate of drug-likeness (QED) is 0.721. The standard InChI is InChI=1S/C24H22O3/c1-27-23-5-3-2-4-20(23)21-14-16-6-7-17-9-11-19(22(15-17)24(25)26)13-12-18(21)10-8-16/h2-5,8-11,14-15H,6-7,12-13H2,1H3,(H,25,26). The van der Waals surface area contributed by atoms with Gasteiger partial charge in [0, 0.05) is 5.56 Å². The van der Waals surface area contributed by atoms with Gasteiger partial charge in [-0.3, -0.25) is 0 Å². The first kappa shape index (κ1) is 17.3. The van der Waals surface area contributed by atoms with Gasteiger partial charge in [0.15, 0.2) is 0 Å². The topological polar surface area (TPSA) is 46.5 Å². The minimum absolute atomic E-state index is 0.432. The van der Waals surface area contributed by atoms with Crippen LogP contribution in [0, 0.1) is 0 Å². The van der Waals surface area contributed by atoms with Gasteiger partial charge in [0.05, 0.1) is 12.7 Å². The van der Waals surface area contributed by atoms with Gasteiger partial charge in [-0.2, -0.15) is 0 Å². The number of rotatable bonds is 3. The molecule has 4 aliphatic rings. The Bertz CT molecular complexity index is 1000. The second-order valence-electron chi connectivity index (χ2n) is 6.99. The Kier molecular flexibility index (Phi) is 4.68. The zero-order valence-corrected chi connectivity index (χ0v) is 15.4. The fourth-order valence-electron chi connectivity index (χ4n) is 3.87. The van der Waals surface area contributed by atoms with Crippen LogP contribution in [-0.2, 0) is 25.7 Å². The van der Waals surface area contributed by atoms with E-state index in [-0.39, 0.29) is 0 Å². The second kappa shape index (κ2) is 7.28. The summed E-state index contributed by atoms with van der Waals surface area (Å²) in [6.45, 7) is 0. The van der Waals surface area contributed by atoms with Gasteiger partial charge in [-0.1, -0.05) is 48.5 Å².